The van der Waals surface area contributed by atoms with Crippen molar-refractivity contribution < 1.29 is 19.7 Å². The molecule has 2 N–H and O–H groups in total. The fraction of sp³-hybridized carbons (Fsp3) is 0.419. The average Bonchev–Trinajstić information content (AvgIpc) is 3.55. The summed E-state index contributed by atoms with van der Waals surface area (Å²) >= 11 is 0. The van der Waals surface area contributed by atoms with Crippen molar-refractivity contribution in [2.24, 2.45) is 0 Å². The average molecular weight is 488 g/mol. The molecule has 5 nitrogen and oxygen atoms in total. The Bertz CT molecular complexity index is 1060. The number of aryl methyl sites for hydroxylation is 4. The van der Waals surface area contributed by atoms with Crippen molar-refractivity contribution >= 4 is 0 Å². The Morgan fingerprint density at radius 1 is 0.639 bits per heavy atom. The molecule has 0 amide bonds. The SMILES string of the molecule is OC(COc1ccc2c(c1)CCC2)CN(Cc1ccccc1)CC(O)COc1ccc2c(c1)CCC2. The summed E-state index contributed by atoms with van der Waals surface area (Å²) in [5.74, 6) is 1.62. The van der Waals surface area contributed by atoms with Crippen molar-refractivity contribution in [1.29, 1.82) is 0 Å². The molecule has 5 heteroatoms. The predicted octanol–water partition coefficient (Wildman–Crippen LogP) is 4.35. The van der Waals surface area contributed by atoms with Crippen LogP contribution in [0.4, 0.5) is 0 Å². The number of ether oxygens (including phenoxy) is 2. The molecule has 5 rings (SSSR count). The topological polar surface area (TPSA) is 62.2 Å². The first-order chi connectivity index (χ1) is 17.6. The molecule has 190 valence electrons. The van der Waals surface area contributed by atoms with E-state index in [4.69, 9.17) is 9.47 Å². The first-order valence-corrected chi connectivity index (χ1v) is 13.2. The largest absolute Gasteiger partial charge is 0.491 e. The molecule has 2 unspecified atom stereocenters. The standard InChI is InChI=1S/C31H37NO4/c33-28(21-35-30-14-12-24-8-4-10-26(24)16-30)19-32(18-23-6-2-1-3-7-23)20-29(34)22-36-31-15-13-25-9-5-11-27(25)17-31/h1-3,6-7,12-17,28-29,33-34H,4-5,8-11,18-22H2. The molecule has 0 spiro atoms. The van der Waals surface area contributed by atoms with Crippen LogP contribution in [0.1, 0.15) is 40.7 Å². The van der Waals surface area contributed by atoms with Gasteiger partial charge in [-0.2, -0.15) is 0 Å². The summed E-state index contributed by atoms with van der Waals surface area (Å²) in [7, 11) is 0. The molecule has 3 aromatic rings. The lowest BCUT2D eigenvalue weighted by molar-refractivity contribution is 0.0282. The highest BCUT2D eigenvalue weighted by atomic mass is 16.5. The highest BCUT2D eigenvalue weighted by Gasteiger charge is 2.19. The molecule has 36 heavy (non-hydrogen) atoms. The van der Waals surface area contributed by atoms with Gasteiger partial charge in [0.15, 0.2) is 0 Å². The number of rotatable bonds is 12. The van der Waals surface area contributed by atoms with E-state index in [1.807, 2.05) is 30.3 Å². The van der Waals surface area contributed by atoms with E-state index in [0.29, 0.717) is 19.6 Å². The van der Waals surface area contributed by atoms with E-state index in [2.05, 4.69) is 41.3 Å². The molecule has 2 aliphatic carbocycles. The van der Waals surface area contributed by atoms with Crippen LogP contribution in [0.3, 0.4) is 0 Å². The molecule has 2 atom stereocenters. The normalized spacial score (nSPS) is 16.0. The molecule has 0 fully saturated rings. The summed E-state index contributed by atoms with van der Waals surface area (Å²) in [4.78, 5) is 2.07. The zero-order chi connectivity index (χ0) is 24.7. The van der Waals surface area contributed by atoms with E-state index < -0.39 is 12.2 Å². The van der Waals surface area contributed by atoms with Gasteiger partial charge in [0.2, 0.25) is 0 Å². The van der Waals surface area contributed by atoms with Crippen LogP contribution in [-0.2, 0) is 32.2 Å². The second-order valence-electron chi connectivity index (χ2n) is 10.2. The number of fused-ring (bicyclic) bond motifs is 2. The minimum absolute atomic E-state index is 0.214. The smallest absolute Gasteiger partial charge is 0.119 e. The Morgan fingerprint density at radius 2 is 1.14 bits per heavy atom. The van der Waals surface area contributed by atoms with E-state index in [1.54, 1.807) is 0 Å². The van der Waals surface area contributed by atoms with E-state index in [9.17, 15) is 10.2 Å². The molecule has 0 heterocycles. The maximum atomic E-state index is 10.8. The van der Waals surface area contributed by atoms with Crippen molar-refractivity contribution in [2.45, 2.75) is 57.3 Å². The third-order valence-electron chi connectivity index (χ3n) is 7.21. The first-order valence-electron chi connectivity index (χ1n) is 13.2. The number of aliphatic hydroxyl groups excluding tert-OH is 2. The number of hydrogen-bond acceptors (Lipinski definition) is 5. The Hall–Kier alpha value is -2.86. The van der Waals surface area contributed by atoms with Crippen LogP contribution >= 0.6 is 0 Å². The van der Waals surface area contributed by atoms with Gasteiger partial charge >= 0.3 is 0 Å². The maximum Gasteiger partial charge on any atom is 0.119 e. The van der Waals surface area contributed by atoms with Crippen LogP contribution < -0.4 is 9.47 Å². The quantitative estimate of drug-likeness (QED) is 0.398. The van der Waals surface area contributed by atoms with Gasteiger partial charge in [0.05, 0.1) is 0 Å². The monoisotopic (exact) mass is 487 g/mol. The van der Waals surface area contributed by atoms with Crippen molar-refractivity contribution in [3.8, 4) is 11.5 Å². The Morgan fingerprint density at radius 3 is 1.67 bits per heavy atom. The summed E-state index contributed by atoms with van der Waals surface area (Å²) in [6.45, 7) is 1.86. The highest BCUT2D eigenvalue weighted by molar-refractivity contribution is 5.39. The number of nitrogens with zero attached hydrogens (tertiary/aromatic N) is 1. The van der Waals surface area contributed by atoms with Gasteiger partial charge in [0, 0.05) is 19.6 Å². The minimum atomic E-state index is -0.674. The van der Waals surface area contributed by atoms with Gasteiger partial charge in [-0.25, -0.2) is 0 Å². The molecule has 0 bridgehead atoms. The van der Waals surface area contributed by atoms with Gasteiger partial charge in [0.1, 0.15) is 36.9 Å². The van der Waals surface area contributed by atoms with Crippen molar-refractivity contribution in [3.63, 3.8) is 0 Å². The van der Waals surface area contributed by atoms with Crippen LogP contribution in [-0.4, -0.2) is 53.6 Å². The summed E-state index contributed by atoms with van der Waals surface area (Å²) in [5.41, 5.74) is 6.68. The van der Waals surface area contributed by atoms with Crippen molar-refractivity contribution in [3.05, 3.63) is 94.5 Å². The highest BCUT2D eigenvalue weighted by Crippen LogP contribution is 2.27. The minimum Gasteiger partial charge on any atom is -0.491 e. The van der Waals surface area contributed by atoms with E-state index in [0.717, 1.165) is 42.7 Å². The molecule has 0 saturated heterocycles. The summed E-state index contributed by atoms with van der Waals surface area (Å²) < 4.78 is 11.9. The molecular weight excluding hydrogens is 450 g/mol. The zero-order valence-electron chi connectivity index (χ0n) is 20.9. The molecule has 0 aromatic heterocycles. The third kappa shape index (κ3) is 6.67. The lowest BCUT2D eigenvalue weighted by Crippen LogP contribution is -2.41. The Labute approximate surface area is 214 Å². The van der Waals surface area contributed by atoms with Gasteiger partial charge in [-0.05, 0) is 90.6 Å². The van der Waals surface area contributed by atoms with Crippen LogP contribution in [0.5, 0.6) is 11.5 Å². The van der Waals surface area contributed by atoms with Crippen LogP contribution in [0.25, 0.3) is 0 Å². The van der Waals surface area contributed by atoms with Crippen molar-refractivity contribution in [1.82, 2.24) is 4.90 Å². The molecule has 3 aromatic carbocycles. The lowest BCUT2D eigenvalue weighted by Gasteiger charge is -2.27. The van der Waals surface area contributed by atoms with Crippen molar-refractivity contribution in [2.75, 3.05) is 26.3 Å². The van der Waals surface area contributed by atoms with E-state index in [1.165, 1.54) is 35.1 Å². The Kier molecular flexibility index (Phi) is 8.22. The summed E-state index contributed by atoms with van der Waals surface area (Å²) in [6.07, 6.45) is 5.55. The third-order valence-corrected chi connectivity index (χ3v) is 7.21. The van der Waals surface area contributed by atoms with Gasteiger partial charge in [-0.3, -0.25) is 4.90 Å². The van der Waals surface area contributed by atoms with Gasteiger partial charge in [-0.15, -0.1) is 0 Å². The molecule has 2 aliphatic rings. The van der Waals surface area contributed by atoms with Crippen LogP contribution in [0.15, 0.2) is 66.7 Å². The van der Waals surface area contributed by atoms with Crippen LogP contribution in [0, 0.1) is 0 Å². The lowest BCUT2D eigenvalue weighted by atomic mass is 10.1. The number of hydrogen-bond donors (Lipinski definition) is 2. The van der Waals surface area contributed by atoms with Crippen LogP contribution in [0.2, 0.25) is 0 Å². The first kappa shape index (κ1) is 24.8. The van der Waals surface area contributed by atoms with E-state index in [-0.39, 0.29) is 13.2 Å². The fourth-order valence-electron chi connectivity index (χ4n) is 5.41. The second kappa shape index (κ2) is 11.9. The Balaban J connectivity index is 1.15. The molecule has 0 radical (unpaired) electrons. The zero-order valence-corrected chi connectivity index (χ0v) is 20.9. The fourth-order valence-corrected chi connectivity index (χ4v) is 5.41. The molecule has 0 aliphatic heterocycles. The maximum absolute atomic E-state index is 10.8. The summed E-state index contributed by atoms with van der Waals surface area (Å²) in [6, 6.07) is 22.6. The number of benzene rings is 3. The second-order valence-corrected chi connectivity index (χ2v) is 10.2. The van der Waals surface area contributed by atoms with E-state index >= 15 is 0 Å². The summed E-state index contributed by atoms with van der Waals surface area (Å²) in [5, 5.41) is 21.6. The predicted molar refractivity (Wildman–Crippen MR) is 142 cm³/mol. The molecule has 0 saturated carbocycles. The van der Waals surface area contributed by atoms with Gasteiger partial charge in [-0.1, -0.05) is 42.5 Å². The molecular formula is C31H37NO4. The van der Waals surface area contributed by atoms with Gasteiger partial charge < -0.3 is 19.7 Å². The number of aliphatic hydroxyl groups is 2. The van der Waals surface area contributed by atoms with Gasteiger partial charge in [0.25, 0.3) is 0 Å².